The van der Waals surface area contributed by atoms with E-state index in [4.69, 9.17) is 5.73 Å². The average molecular weight is 427 g/mol. The monoisotopic (exact) mass is 426 g/mol. The van der Waals surface area contributed by atoms with Gasteiger partial charge in [-0.1, -0.05) is 11.9 Å². The van der Waals surface area contributed by atoms with Crippen molar-refractivity contribution in [2.75, 3.05) is 31.6 Å². The molecule has 3 heterocycles. The number of nitrogens with zero attached hydrogens (tertiary/aromatic N) is 4. The molecule has 1 aromatic carbocycles. The Balaban J connectivity index is 1.48. The molecule has 0 bridgehead atoms. The van der Waals surface area contributed by atoms with E-state index in [9.17, 15) is 4.39 Å². The number of rotatable bonds is 7. The number of nitrogens with one attached hydrogen (secondary N) is 1. The fourth-order valence-corrected chi connectivity index (χ4v) is 4.99. The van der Waals surface area contributed by atoms with Crippen LogP contribution in [0.5, 0.6) is 0 Å². The van der Waals surface area contributed by atoms with Gasteiger partial charge in [-0.05, 0) is 73.9 Å². The number of nitrogen functional groups attached to an aromatic ring is 1. The normalized spacial score (nSPS) is 21.5. The number of halogens is 1. The summed E-state index contributed by atoms with van der Waals surface area (Å²) in [5.74, 6) is 0.937. The molecule has 3 N–H and O–H groups in total. The third-order valence-corrected chi connectivity index (χ3v) is 6.83. The molecule has 158 valence electrons. The Morgan fingerprint density at radius 2 is 2.07 bits per heavy atom. The van der Waals surface area contributed by atoms with Crippen molar-refractivity contribution in [3.63, 3.8) is 0 Å². The van der Waals surface area contributed by atoms with Gasteiger partial charge in [0.2, 0.25) is 0 Å². The first-order chi connectivity index (χ1) is 14.6. The average Bonchev–Trinajstić information content (AvgIpc) is 3.04. The zero-order chi connectivity index (χ0) is 20.7. The summed E-state index contributed by atoms with van der Waals surface area (Å²) in [5.41, 5.74) is 9.72. The van der Waals surface area contributed by atoms with Crippen molar-refractivity contribution in [1.82, 2.24) is 24.2 Å². The van der Waals surface area contributed by atoms with E-state index in [1.54, 1.807) is 12.1 Å². The minimum Gasteiger partial charge on any atom is -0.383 e. The molecule has 0 unspecified atom stereocenters. The van der Waals surface area contributed by atoms with Crippen molar-refractivity contribution in [2.45, 2.75) is 31.8 Å². The Hall–Kier alpha value is -2.16. The van der Waals surface area contributed by atoms with Crippen molar-refractivity contribution in [2.24, 2.45) is 5.92 Å². The molecule has 1 aliphatic heterocycles. The standard InChI is InChI=1S/C22H27FN6S/c1-30-27-10-14-5-16(9-17(23)6-14)19-12-29(22-20(19)21(24)25-13-26-22)18-7-15(8-18)11-28-3-2-4-28/h5-6,9,12-13,15,18,27H,2-4,7-8,10-11H2,1H3,(H2,24,25,26)/t15-,18+. The second-order valence-corrected chi connectivity index (χ2v) is 9.12. The lowest BCUT2D eigenvalue weighted by molar-refractivity contribution is 0.0921. The molecule has 0 atom stereocenters. The van der Waals surface area contributed by atoms with E-state index in [0.29, 0.717) is 18.4 Å². The highest BCUT2D eigenvalue weighted by Crippen LogP contribution is 2.43. The summed E-state index contributed by atoms with van der Waals surface area (Å²) in [6.45, 7) is 4.29. The summed E-state index contributed by atoms with van der Waals surface area (Å²) in [6, 6.07) is 5.57. The minimum absolute atomic E-state index is 0.250. The highest BCUT2D eigenvalue weighted by Gasteiger charge is 2.34. The molecule has 0 radical (unpaired) electrons. The van der Waals surface area contributed by atoms with Gasteiger partial charge in [0, 0.05) is 30.9 Å². The van der Waals surface area contributed by atoms with Gasteiger partial charge in [0.1, 0.15) is 23.6 Å². The maximum Gasteiger partial charge on any atom is 0.146 e. The number of fused-ring (bicyclic) bond motifs is 1. The smallest absolute Gasteiger partial charge is 0.146 e. The Labute approximate surface area is 180 Å². The summed E-state index contributed by atoms with van der Waals surface area (Å²) in [6.07, 6.45) is 9.21. The van der Waals surface area contributed by atoms with Crippen molar-refractivity contribution in [3.05, 3.63) is 42.1 Å². The van der Waals surface area contributed by atoms with Crippen LogP contribution in [0.4, 0.5) is 10.2 Å². The largest absolute Gasteiger partial charge is 0.383 e. The summed E-state index contributed by atoms with van der Waals surface area (Å²) in [7, 11) is 0. The van der Waals surface area contributed by atoms with Crippen LogP contribution in [0.2, 0.25) is 0 Å². The zero-order valence-corrected chi connectivity index (χ0v) is 18.0. The van der Waals surface area contributed by atoms with Crippen LogP contribution in [-0.2, 0) is 6.54 Å². The van der Waals surface area contributed by atoms with E-state index in [1.807, 2.05) is 12.3 Å². The molecule has 30 heavy (non-hydrogen) atoms. The van der Waals surface area contributed by atoms with Crippen molar-refractivity contribution in [3.8, 4) is 11.1 Å². The van der Waals surface area contributed by atoms with Crippen LogP contribution in [0, 0.1) is 11.7 Å². The number of likely N-dealkylation sites (tertiary alicyclic amines) is 1. The summed E-state index contributed by atoms with van der Waals surface area (Å²) in [5, 5.41) is 0.818. The van der Waals surface area contributed by atoms with Gasteiger partial charge >= 0.3 is 0 Å². The number of hydrogen-bond donors (Lipinski definition) is 2. The zero-order valence-electron chi connectivity index (χ0n) is 17.1. The van der Waals surface area contributed by atoms with Gasteiger partial charge < -0.3 is 15.2 Å². The van der Waals surface area contributed by atoms with Crippen LogP contribution in [0.3, 0.4) is 0 Å². The number of nitrogens with two attached hydrogens (primary N) is 1. The molecule has 6 nitrogen and oxygen atoms in total. The van der Waals surface area contributed by atoms with Crippen LogP contribution < -0.4 is 10.5 Å². The fraction of sp³-hybridized carbons (Fsp3) is 0.455. The van der Waals surface area contributed by atoms with E-state index in [1.165, 1.54) is 44.3 Å². The molecule has 1 saturated carbocycles. The van der Waals surface area contributed by atoms with Crippen LogP contribution in [0.25, 0.3) is 22.2 Å². The van der Waals surface area contributed by atoms with Gasteiger partial charge in [-0.2, -0.15) is 0 Å². The maximum absolute atomic E-state index is 14.4. The number of hydrogen-bond acceptors (Lipinski definition) is 6. The molecule has 1 saturated heterocycles. The SMILES string of the molecule is CSNCc1cc(F)cc(-c2cn([C@H]3C[C@@H](CN4CCC4)C3)c3ncnc(N)c23)c1. The maximum atomic E-state index is 14.4. The third-order valence-electron chi connectivity index (χ3n) is 6.40. The highest BCUT2D eigenvalue weighted by molar-refractivity contribution is 7.96. The number of benzene rings is 1. The lowest BCUT2D eigenvalue weighted by Gasteiger charge is -2.42. The van der Waals surface area contributed by atoms with E-state index in [2.05, 4.69) is 30.4 Å². The second kappa shape index (κ2) is 8.17. The van der Waals surface area contributed by atoms with E-state index in [-0.39, 0.29) is 5.82 Å². The van der Waals surface area contributed by atoms with Gasteiger partial charge in [-0.3, -0.25) is 4.72 Å². The first-order valence-corrected chi connectivity index (χ1v) is 11.7. The first kappa shape index (κ1) is 19.8. The van der Waals surface area contributed by atoms with Gasteiger partial charge in [-0.15, -0.1) is 0 Å². The molecule has 2 aliphatic rings. The molecule has 1 aliphatic carbocycles. The van der Waals surface area contributed by atoms with E-state index >= 15 is 0 Å². The second-order valence-electron chi connectivity index (χ2n) is 8.43. The molecule has 2 fully saturated rings. The molecule has 2 aromatic heterocycles. The number of aromatic nitrogens is 3. The molecule has 3 aromatic rings. The lowest BCUT2D eigenvalue weighted by Crippen LogP contribution is -2.43. The van der Waals surface area contributed by atoms with Crippen molar-refractivity contribution < 1.29 is 4.39 Å². The summed E-state index contributed by atoms with van der Waals surface area (Å²) >= 11 is 1.52. The van der Waals surface area contributed by atoms with Crippen molar-refractivity contribution >= 4 is 28.8 Å². The van der Waals surface area contributed by atoms with Gasteiger partial charge in [-0.25, -0.2) is 14.4 Å². The van der Waals surface area contributed by atoms with E-state index in [0.717, 1.165) is 46.5 Å². The Bertz CT molecular complexity index is 1060. The van der Waals surface area contributed by atoms with E-state index < -0.39 is 0 Å². The molecule has 5 rings (SSSR count). The molecular formula is C22H27FN6S. The quantitative estimate of drug-likeness (QED) is 0.559. The fourth-order valence-electron chi connectivity index (χ4n) is 4.68. The van der Waals surface area contributed by atoms with Crippen LogP contribution in [-0.4, -0.2) is 45.3 Å². The Kier molecular flexibility index (Phi) is 5.39. The molecular weight excluding hydrogens is 399 g/mol. The minimum atomic E-state index is -0.250. The number of anilines is 1. The van der Waals surface area contributed by atoms with Crippen molar-refractivity contribution in [1.29, 1.82) is 0 Å². The highest BCUT2D eigenvalue weighted by atomic mass is 32.2. The topological polar surface area (TPSA) is 72.0 Å². The lowest BCUT2D eigenvalue weighted by atomic mass is 9.79. The van der Waals surface area contributed by atoms with Crippen LogP contribution >= 0.6 is 11.9 Å². The predicted octanol–water partition coefficient (Wildman–Crippen LogP) is 3.84. The van der Waals surface area contributed by atoms with Crippen LogP contribution in [0.1, 0.15) is 30.9 Å². The Morgan fingerprint density at radius 3 is 2.80 bits per heavy atom. The third kappa shape index (κ3) is 3.68. The summed E-state index contributed by atoms with van der Waals surface area (Å²) in [4.78, 5) is 11.3. The molecule has 0 spiro atoms. The predicted molar refractivity (Wildman–Crippen MR) is 121 cm³/mol. The Morgan fingerprint density at radius 1 is 1.23 bits per heavy atom. The van der Waals surface area contributed by atoms with Gasteiger partial charge in [0.15, 0.2) is 0 Å². The molecule has 8 heteroatoms. The first-order valence-electron chi connectivity index (χ1n) is 10.5. The van der Waals surface area contributed by atoms with Gasteiger partial charge in [0.25, 0.3) is 0 Å². The summed E-state index contributed by atoms with van der Waals surface area (Å²) < 4.78 is 19.8. The van der Waals surface area contributed by atoms with Gasteiger partial charge in [0.05, 0.1) is 5.39 Å². The molecule has 0 amide bonds. The van der Waals surface area contributed by atoms with Crippen LogP contribution in [0.15, 0.2) is 30.7 Å².